The molecule has 1 aliphatic heterocycles. The van der Waals surface area contributed by atoms with Gasteiger partial charge >= 0.3 is 0 Å². The van der Waals surface area contributed by atoms with Gasteiger partial charge in [0.2, 0.25) is 10.0 Å². The van der Waals surface area contributed by atoms with Crippen LogP contribution < -0.4 is 14.8 Å². The van der Waals surface area contributed by atoms with Crippen LogP contribution in [0.4, 0.5) is 4.39 Å². The number of ether oxygens (including phenoxy) is 3. The smallest absolute Gasteiger partial charge is 0.243 e. The third-order valence-electron chi connectivity index (χ3n) is 8.23. The second kappa shape index (κ2) is 14.3. The van der Waals surface area contributed by atoms with Crippen molar-refractivity contribution >= 4 is 38.3 Å². The zero-order chi connectivity index (χ0) is 33.1. The Balaban J connectivity index is 1.39. The molecule has 2 aromatic heterocycles. The molecule has 1 fully saturated rings. The fourth-order valence-corrected chi connectivity index (χ4v) is 8.24. The molecule has 0 aliphatic carbocycles. The molecule has 1 atom stereocenters. The minimum absolute atomic E-state index is 0.0731. The van der Waals surface area contributed by atoms with Crippen LogP contribution in [0.1, 0.15) is 22.4 Å². The van der Waals surface area contributed by atoms with Crippen LogP contribution in [0.2, 0.25) is 0 Å². The lowest BCUT2D eigenvalue weighted by atomic mass is 10.1. The van der Waals surface area contributed by atoms with Gasteiger partial charge in [0.25, 0.3) is 0 Å². The minimum Gasteiger partial charge on any atom is -0.497 e. The van der Waals surface area contributed by atoms with Crippen LogP contribution >= 0.6 is 22.6 Å². The van der Waals surface area contributed by atoms with Gasteiger partial charge in [0.1, 0.15) is 23.0 Å². The number of hydrogen-bond donors (Lipinski definition) is 1. The number of benzene rings is 3. The maximum atomic E-state index is 16.4. The summed E-state index contributed by atoms with van der Waals surface area (Å²) in [5, 5.41) is 3.35. The van der Waals surface area contributed by atoms with Crippen molar-refractivity contribution in [1.29, 1.82) is 0 Å². The molecule has 1 N–H and O–H groups in total. The standard InChI is InChI=1S/C35H36FIN4O5S/c1-23-12-14-41-32(17-28-20-38-13-15-46-28)35(39-33(41)16-23)34-30(36)18-29(19-31(34)37)47(42,43)40(21-24-4-8-26(44-2)9-5-24)22-25-6-10-27(45-3)11-7-25/h4-12,14,16,18-19,28,38H,13,15,17,20-22H2,1-3H3/t28-/m0/s1. The number of halogens is 2. The minimum atomic E-state index is -4.16. The first-order chi connectivity index (χ1) is 22.7. The van der Waals surface area contributed by atoms with Crippen molar-refractivity contribution in [3.05, 3.63) is 111 Å². The predicted octanol–water partition coefficient (Wildman–Crippen LogP) is 5.99. The molecule has 0 saturated carbocycles. The number of aromatic nitrogens is 2. The first-order valence-electron chi connectivity index (χ1n) is 15.2. The summed E-state index contributed by atoms with van der Waals surface area (Å²) in [7, 11) is -1.01. The molecule has 0 unspecified atom stereocenters. The number of nitrogens with zero attached hydrogens (tertiary/aromatic N) is 3. The maximum Gasteiger partial charge on any atom is 0.243 e. The molecule has 1 saturated heterocycles. The van der Waals surface area contributed by atoms with Gasteiger partial charge in [-0.25, -0.2) is 17.8 Å². The van der Waals surface area contributed by atoms with Crippen LogP contribution in [0.15, 0.2) is 83.9 Å². The van der Waals surface area contributed by atoms with Crippen molar-refractivity contribution < 1.29 is 27.0 Å². The molecule has 0 amide bonds. The van der Waals surface area contributed by atoms with E-state index in [9.17, 15) is 8.42 Å². The first kappa shape index (κ1) is 33.3. The third-order valence-corrected chi connectivity index (χ3v) is 10.9. The van der Waals surface area contributed by atoms with E-state index in [0.717, 1.165) is 35.0 Å². The highest BCUT2D eigenvalue weighted by atomic mass is 127. The van der Waals surface area contributed by atoms with Gasteiger partial charge < -0.3 is 23.9 Å². The van der Waals surface area contributed by atoms with E-state index in [2.05, 4.69) is 5.32 Å². The molecule has 47 heavy (non-hydrogen) atoms. The number of methoxy groups -OCH3 is 2. The molecule has 3 heterocycles. The number of fused-ring (bicyclic) bond motifs is 1. The SMILES string of the molecule is COc1ccc(CN(Cc2ccc(OC)cc2)S(=O)(=O)c2cc(F)c(-c3nc4cc(C)ccn4c3C[C@H]3CNCCO3)c(I)c2)cc1. The highest BCUT2D eigenvalue weighted by Crippen LogP contribution is 2.35. The zero-order valence-electron chi connectivity index (χ0n) is 26.4. The Morgan fingerprint density at radius 2 is 1.64 bits per heavy atom. The topological polar surface area (TPSA) is 94.4 Å². The number of sulfonamides is 1. The van der Waals surface area contributed by atoms with Crippen LogP contribution in [0.3, 0.4) is 0 Å². The monoisotopic (exact) mass is 770 g/mol. The molecular formula is C35H36FIN4O5S. The molecule has 0 bridgehead atoms. The normalized spacial score (nSPS) is 15.3. The molecule has 0 spiro atoms. The molecule has 246 valence electrons. The van der Waals surface area contributed by atoms with Crippen molar-refractivity contribution in [2.24, 2.45) is 0 Å². The summed E-state index contributed by atoms with van der Waals surface area (Å²) in [5.74, 6) is 0.671. The summed E-state index contributed by atoms with van der Waals surface area (Å²) in [6.07, 6.45) is 2.35. The number of aryl methyl sites for hydroxylation is 1. The number of hydrogen-bond acceptors (Lipinski definition) is 7. The summed E-state index contributed by atoms with van der Waals surface area (Å²) in [5.41, 5.74) is 4.79. The summed E-state index contributed by atoms with van der Waals surface area (Å²) < 4.78 is 65.3. The summed E-state index contributed by atoms with van der Waals surface area (Å²) in [4.78, 5) is 4.73. The van der Waals surface area contributed by atoms with Crippen molar-refractivity contribution in [2.45, 2.75) is 37.4 Å². The van der Waals surface area contributed by atoms with Gasteiger partial charge in [0.05, 0.1) is 48.8 Å². The van der Waals surface area contributed by atoms with Crippen molar-refractivity contribution in [3.63, 3.8) is 0 Å². The second-order valence-electron chi connectivity index (χ2n) is 11.5. The van der Waals surface area contributed by atoms with Crippen LogP contribution in [0, 0.1) is 16.3 Å². The lowest BCUT2D eigenvalue weighted by molar-refractivity contribution is 0.0286. The highest BCUT2D eigenvalue weighted by Gasteiger charge is 2.30. The molecule has 5 aromatic rings. The summed E-state index contributed by atoms with van der Waals surface area (Å²) >= 11 is 2.02. The number of imidazole rings is 1. The number of pyridine rings is 1. The van der Waals surface area contributed by atoms with Crippen molar-refractivity contribution in [1.82, 2.24) is 19.0 Å². The number of nitrogens with one attached hydrogen (secondary N) is 1. The largest absolute Gasteiger partial charge is 0.497 e. The fraction of sp³-hybridized carbons (Fsp3) is 0.286. The van der Waals surface area contributed by atoms with Crippen LogP contribution in [-0.4, -0.2) is 62.1 Å². The Kier molecular flexibility index (Phi) is 10.1. The van der Waals surface area contributed by atoms with Gasteiger partial charge in [-0.3, -0.25) is 0 Å². The Morgan fingerprint density at radius 1 is 1.00 bits per heavy atom. The third kappa shape index (κ3) is 7.31. The lowest BCUT2D eigenvalue weighted by Gasteiger charge is -2.24. The van der Waals surface area contributed by atoms with E-state index < -0.39 is 15.8 Å². The van der Waals surface area contributed by atoms with Crippen LogP contribution in [0.25, 0.3) is 16.9 Å². The van der Waals surface area contributed by atoms with Gasteiger partial charge in [0, 0.05) is 42.4 Å². The summed E-state index contributed by atoms with van der Waals surface area (Å²) in [6, 6.07) is 21.0. The van der Waals surface area contributed by atoms with Crippen LogP contribution in [-0.2, 0) is 34.3 Å². The van der Waals surface area contributed by atoms with Gasteiger partial charge in [-0.1, -0.05) is 24.3 Å². The molecule has 3 aromatic carbocycles. The quantitative estimate of drug-likeness (QED) is 0.165. The van der Waals surface area contributed by atoms with Gasteiger partial charge in [-0.15, -0.1) is 0 Å². The van der Waals surface area contributed by atoms with E-state index in [-0.39, 0.29) is 29.7 Å². The molecule has 0 radical (unpaired) electrons. The Labute approximate surface area is 287 Å². The van der Waals surface area contributed by atoms with Gasteiger partial charge in [-0.2, -0.15) is 4.31 Å². The Morgan fingerprint density at radius 3 is 2.19 bits per heavy atom. The number of morpholine rings is 1. The van der Waals surface area contributed by atoms with Crippen LogP contribution in [0.5, 0.6) is 11.5 Å². The first-order valence-corrected chi connectivity index (χ1v) is 17.7. The highest BCUT2D eigenvalue weighted by molar-refractivity contribution is 14.1. The van der Waals surface area contributed by atoms with Crippen molar-refractivity contribution in [2.75, 3.05) is 33.9 Å². The van der Waals surface area contributed by atoms with Gasteiger partial charge in [0.15, 0.2) is 0 Å². The number of rotatable bonds is 11. The average Bonchev–Trinajstić information content (AvgIpc) is 3.41. The zero-order valence-corrected chi connectivity index (χ0v) is 29.3. The predicted molar refractivity (Wildman–Crippen MR) is 187 cm³/mol. The average molecular weight is 771 g/mol. The van der Waals surface area contributed by atoms with E-state index in [1.807, 2.05) is 76.5 Å². The fourth-order valence-electron chi connectivity index (χ4n) is 5.73. The van der Waals surface area contributed by atoms with E-state index in [1.165, 1.54) is 10.4 Å². The molecule has 9 nitrogen and oxygen atoms in total. The van der Waals surface area contributed by atoms with E-state index in [1.54, 1.807) is 38.5 Å². The second-order valence-corrected chi connectivity index (χ2v) is 14.6. The molecule has 1 aliphatic rings. The molecule has 6 rings (SSSR count). The molecular weight excluding hydrogens is 734 g/mol. The van der Waals surface area contributed by atoms with E-state index >= 15 is 4.39 Å². The van der Waals surface area contributed by atoms with E-state index in [4.69, 9.17) is 19.2 Å². The maximum absolute atomic E-state index is 16.4. The lowest BCUT2D eigenvalue weighted by Crippen LogP contribution is -2.39. The van der Waals surface area contributed by atoms with Crippen molar-refractivity contribution in [3.8, 4) is 22.8 Å². The van der Waals surface area contributed by atoms with E-state index in [0.29, 0.717) is 46.0 Å². The summed E-state index contributed by atoms with van der Waals surface area (Å²) in [6.45, 7) is 4.18. The van der Waals surface area contributed by atoms with Gasteiger partial charge in [-0.05, 0) is 94.7 Å². The molecule has 12 heteroatoms. The Hall–Kier alpha value is -3.56. The Bertz CT molecular complexity index is 1910.